The Morgan fingerprint density at radius 2 is 1.61 bits per heavy atom. The summed E-state index contributed by atoms with van der Waals surface area (Å²) < 4.78 is 11.1. The summed E-state index contributed by atoms with van der Waals surface area (Å²) in [4.78, 5) is 12.4. The van der Waals surface area contributed by atoms with E-state index < -0.39 is 0 Å². The van der Waals surface area contributed by atoms with Crippen LogP contribution in [-0.2, 0) is 11.3 Å². The van der Waals surface area contributed by atoms with Crippen molar-refractivity contribution in [3.8, 4) is 16.9 Å². The standard InChI is InChI=1S/C24H24O4/c1-17-13-22(14-18(2)23(17)27-12-11-25)20-9-6-10-21(15-20)24(26)28-16-19-7-4-3-5-8-19/h3-10,13-15,25H,11-12,16H2,1-2H3. The van der Waals surface area contributed by atoms with Gasteiger partial charge in [0.2, 0.25) is 0 Å². The van der Waals surface area contributed by atoms with Gasteiger partial charge >= 0.3 is 5.97 Å². The number of aliphatic hydroxyl groups excluding tert-OH is 1. The van der Waals surface area contributed by atoms with E-state index in [0.29, 0.717) is 5.56 Å². The van der Waals surface area contributed by atoms with E-state index in [1.165, 1.54) is 0 Å². The van der Waals surface area contributed by atoms with Gasteiger partial charge in [-0.25, -0.2) is 4.79 Å². The van der Waals surface area contributed by atoms with E-state index in [0.717, 1.165) is 33.6 Å². The van der Waals surface area contributed by atoms with Gasteiger partial charge in [0.25, 0.3) is 0 Å². The summed E-state index contributed by atoms with van der Waals surface area (Å²) in [6.45, 7) is 4.44. The summed E-state index contributed by atoms with van der Waals surface area (Å²) in [5, 5.41) is 8.97. The number of ether oxygens (including phenoxy) is 2. The molecule has 0 unspecified atom stereocenters. The first-order valence-electron chi connectivity index (χ1n) is 9.25. The largest absolute Gasteiger partial charge is 0.491 e. The molecule has 0 bridgehead atoms. The minimum absolute atomic E-state index is 0.0201. The van der Waals surface area contributed by atoms with Gasteiger partial charge in [-0.3, -0.25) is 0 Å². The first kappa shape index (κ1) is 19.6. The third-order valence-corrected chi connectivity index (χ3v) is 4.44. The lowest BCUT2D eigenvalue weighted by molar-refractivity contribution is 0.0473. The molecule has 0 atom stereocenters. The summed E-state index contributed by atoms with van der Waals surface area (Å²) in [6, 6.07) is 21.1. The second kappa shape index (κ2) is 9.20. The smallest absolute Gasteiger partial charge is 0.338 e. The van der Waals surface area contributed by atoms with Crippen LogP contribution in [0.15, 0.2) is 66.7 Å². The van der Waals surface area contributed by atoms with Crippen molar-refractivity contribution in [3.63, 3.8) is 0 Å². The van der Waals surface area contributed by atoms with E-state index in [-0.39, 0.29) is 25.8 Å². The second-order valence-electron chi connectivity index (χ2n) is 6.65. The fraction of sp³-hybridized carbons (Fsp3) is 0.208. The highest BCUT2D eigenvalue weighted by Gasteiger charge is 2.11. The first-order chi connectivity index (χ1) is 13.6. The van der Waals surface area contributed by atoms with Crippen molar-refractivity contribution in [1.29, 1.82) is 0 Å². The molecule has 0 heterocycles. The normalized spacial score (nSPS) is 10.5. The fourth-order valence-electron chi connectivity index (χ4n) is 3.12. The highest BCUT2D eigenvalue weighted by molar-refractivity contribution is 5.91. The molecule has 4 nitrogen and oxygen atoms in total. The van der Waals surface area contributed by atoms with E-state index in [1.54, 1.807) is 6.07 Å². The van der Waals surface area contributed by atoms with Crippen molar-refractivity contribution in [3.05, 3.63) is 89.0 Å². The molecule has 0 saturated heterocycles. The van der Waals surface area contributed by atoms with Gasteiger partial charge in [-0.05, 0) is 65.9 Å². The van der Waals surface area contributed by atoms with Crippen molar-refractivity contribution in [2.24, 2.45) is 0 Å². The van der Waals surface area contributed by atoms with Crippen LogP contribution in [0, 0.1) is 13.8 Å². The first-order valence-corrected chi connectivity index (χ1v) is 9.25. The van der Waals surface area contributed by atoms with Crippen LogP contribution >= 0.6 is 0 Å². The summed E-state index contributed by atoms with van der Waals surface area (Å²) in [6.07, 6.45) is 0. The average molecular weight is 376 g/mol. The summed E-state index contributed by atoms with van der Waals surface area (Å²) in [7, 11) is 0. The lowest BCUT2D eigenvalue weighted by atomic mass is 9.98. The Morgan fingerprint density at radius 1 is 0.893 bits per heavy atom. The Labute approximate surface area is 165 Å². The predicted molar refractivity (Wildman–Crippen MR) is 109 cm³/mol. The van der Waals surface area contributed by atoms with Crippen LogP contribution in [0.2, 0.25) is 0 Å². The number of carbonyl (C=O) groups is 1. The van der Waals surface area contributed by atoms with Gasteiger partial charge in [-0.1, -0.05) is 42.5 Å². The summed E-state index contributed by atoms with van der Waals surface area (Å²) in [5.74, 6) is 0.443. The molecule has 0 aliphatic carbocycles. The Hall–Kier alpha value is -3.11. The van der Waals surface area contributed by atoms with Gasteiger partial charge in [0.15, 0.2) is 0 Å². The summed E-state index contributed by atoms with van der Waals surface area (Å²) >= 11 is 0. The summed E-state index contributed by atoms with van der Waals surface area (Å²) in [5.41, 5.74) is 5.39. The molecule has 0 aromatic heterocycles. The monoisotopic (exact) mass is 376 g/mol. The number of benzene rings is 3. The maximum absolute atomic E-state index is 12.4. The molecule has 0 amide bonds. The van der Waals surface area contributed by atoms with Crippen LogP contribution in [0.5, 0.6) is 5.75 Å². The van der Waals surface area contributed by atoms with E-state index in [9.17, 15) is 4.79 Å². The molecular weight excluding hydrogens is 352 g/mol. The molecule has 144 valence electrons. The molecule has 0 radical (unpaired) electrons. The molecule has 1 N–H and O–H groups in total. The van der Waals surface area contributed by atoms with Gasteiger partial charge < -0.3 is 14.6 Å². The third kappa shape index (κ3) is 4.78. The lowest BCUT2D eigenvalue weighted by Gasteiger charge is -2.14. The van der Waals surface area contributed by atoms with Crippen LogP contribution in [-0.4, -0.2) is 24.3 Å². The van der Waals surface area contributed by atoms with Crippen LogP contribution in [0.3, 0.4) is 0 Å². The van der Waals surface area contributed by atoms with Crippen LogP contribution in [0.1, 0.15) is 27.0 Å². The van der Waals surface area contributed by atoms with E-state index in [1.807, 2.05) is 74.5 Å². The van der Waals surface area contributed by atoms with Gasteiger partial charge in [0, 0.05) is 0 Å². The van der Waals surface area contributed by atoms with Gasteiger partial charge in [0.1, 0.15) is 19.0 Å². The minimum Gasteiger partial charge on any atom is -0.491 e. The SMILES string of the molecule is Cc1cc(-c2cccc(C(=O)OCc3ccccc3)c2)cc(C)c1OCCO. The highest BCUT2D eigenvalue weighted by atomic mass is 16.5. The van der Waals surface area contributed by atoms with Crippen LogP contribution < -0.4 is 4.74 Å². The molecule has 3 rings (SSSR count). The second-order valence-corrected chi connectivity index (χ2v) is 6.65. The number of hydrogen-bond acceptors (Lipinski definition) is 4. The minimum atomic E-state index is -0.345. The van der Waals surface area contributed by atoms with Crippen molar-refractivity contribution >= 4 is 5.97 Å². The maximum atomic E-state index is 12.4. The lowest BCUT2D eigenvalue weighted by Crippen LogP contribution is -2.05. The molecule has 0 aliphatic heterocycles. The molecule has 0 fully saturated rings. The van der Waals surface area contributed by atoms with Crippen LogP contribution in [0.25, 0.3) is 11.1 Å². The fourth-order valence-corrected chi connectivity index (χ4v) is 3.12. The van der Waals surface area contributed by atoms with E-state index in [4.69, 9.17) is 14.6 Å². The average Bonchev–Trinajstić information content (AvgIpc) is 2.72. The Balaban J connectivity index is 1.78. The molecule has 0 aliphatic rings. The predicted octanol–water partition coefficient (Wildman–Crippen LogP) is 4.70. The molecule has 3 aromatic carbocycles. The van der Waals surface area contributed by atoms with Gasteiger partial charge in [-0.15, -0.1) is 0 Å². The molecule has 0 spiro atoms. The maximum Gasteiger partial charge on any atom is 0.338 e. The van der Waals surface area contributed by atoms with Gasteiger partial charge in [0.05, 0.1) is 12.2 Å². The molecule has 4 heteroatoms. The van der Waals surface area contributed by atoms with Gasteiger partial charge in [-0.2, -0.15) is 0 Å². The van der Waals surface area contributed by atoms with Crippen molar-refractivity contribution in [1.82, 2.24) is 0 Å². The third-order valence-electron chi connectivity index (χ3n) is 4.44. The van der Waals surface area contributed by atoms with Crippen molar-refractivity contribution in [2.45, 2.75) is 20.5 Å². The number of esters is 1. The zero-order valence-corrected chi connectivity index (χ0v) is 16.1. The quantitative estimate of drug-likeness (QED) is 0.608. The molecular formula is C24H24O4. The molecule has 3 aromatic rings. The number of hydrogen-bond donors (Lipinski definition) is 1. The number of aryl methyl sites for hydroxylation is 2. The van der Waals surface area contributed by atoms with Crippen LogP contribution in [0.4, 0.5) is 0 Å². The number of rotatable bonds is 7. The zero-order valence-electron chi connectivity index (χ0n) is 16.1. The molecule has 0 saturated carbocycles. The van der Waals surface area contributed by atoms with E-state index in [2.05, 4.69) is 0 Å². The highest BCUT2D eigenvalue weighted by Crippen LogP contribution is 2.30. The van der Waals surface area contributed by atoms with E-state index >= 15 is 0 Å². The number of aliphatic hydroxyl groups is 1. The Morgan fingerprint density at radius 3 is 2.29 bits per heavy atom. The topological polar surface area (TPSA) is 55.8 Å². The zero-order chi connectivity index (χ0) is 19.9. The molecule has 28 heavy (non-hydrogen) atoms. The number of carbonyl (C=O) groups excluding carboxylic acids is 1. The Kier molecular flexibility index (Phi) is 6.45. The Bertz CT molecular complexity index is 925. The van der Waals surface area contributed by atoms with Crippen molar-refractivity contribution in [2.75, 3.05) is 13.2 Å². The van der Waals surface area contributed by atoms with Crippen molar-refractivity contribution < 1.29 is 19.4 Å².